The third kappa shape index (κ3) is 3.80. The van der Waals surface area contributed by atoms with Gasteiger partial charge in [0.15, 0.2) is 0 Å². The van der Waals surface area contributed by atoms with Gasteiger partial charge in [-0.05, 0) is 13.3 Å². The fraction of sp³-hybridized carbons (Fsp3) is 0.714. The minimum atomic E-state index is -0.909. The van der Waals surface area contributed by atoms with Crippen molar-refractivity contribution in [2.24, 2.45) is 0 Å². The van der Waals surface area contributed by atoms with Crippen molar-refractivity contribution >= 4 is 27.7 Å². The number of hydrogen-bond donors (Lipinski definition) is 0. The number of carbonyl (C=O) groups is 2. The molecule has 0 rings (SSSR count). The summed E-state index contributed by atoms with van der Waals surface area (Å²) < 4.78 is 16.1. The van der Waals surface area contributed by atoms with Gasteiger partial charge in [-0.1, -0.05) is 15.9 Å². The molecule has 0 aromatic heterocycles. The molecule has 0 fully saturated rings. The van der Waals surface area contributed by atoms with Crippen molar-refractivity contribution in [1.82, 2.24) is 0 Å². The van der Waals surface area contributed by atoms with Gasteiger partial charge < -0.3 is 4.74 Å². The van der Waals surface area contributed by atoms with Crippen molar-refractivity contribution in [3.8, 4) is 0 Å². The van der Waals surface area contributed by atoms with E-state index in [0.29, 0.717) is 0 Å². The van der Waals surface area contributed by atoms with E-state index in [1.165, 1.54) is 0 Å². The topological polar surface area (TPSA) is 43.4 Å². The molecule has 0 N–H and O–H groups in total. The second-order valence-electron chi connectivity index (χ2n) is 2.03. The zero-order valence-electron chi connectivity index (χ0n) is 6.68. The molecule has 0 saturated carbocycles. The first-order chi connectivity index (χ1) is 5.63. The summed E-state index contributed by atoms with van der Waals surface area (Å²) in [6, 6.07) is 0. The highest BCUT2D eigenvalue weighted by molar-refractivity contribution is 9.10. The first kappa shape index (κ1) is 11.6. The number of alkyl halides is 2. The van der Waals surface area contributed by atoms with Gasteiger partial charge in [0.1, 0.15) is 0 Å². The number of ketones is 1. The number of carbonyl (C=O) groups excluding carboxylic acids is 2. The predicted octanol–water partition coefficient (Wildman–Crippen LogP) is 1.24. The molecular formula is C7H10BrFO3. The summed E-state index contributed by atoms with van der Waals surface area (Å²) in [5, 5.41) is 0. The van der Waals surface area contributed by atoms with E-state index in [1.54, 1.807) is 6.92 Å². The van der Waals surface area contributed by atoms with E-state index >= 15 is 0 Å². The Morgan fingerprint density at radius 2 is 2.17 bits per heavy atom. The van der Waals surface area contributed by atoms with Crippen molar-refractivity contribution in [1.29, 1.82) is 0 Å². The maximum absolute atomic E-state index is 11.7. The Labute approximate surface area is 78.4 Å². The number of ether oxygens (including phenoxy) is 1. The molecule has 0 saturated heterocycles. The second kappa shape index (κ2) is 6.11. The molecule has 0 aliphatic heterocycles. The van der Waals surface area contributed by atoms with Gasteiger partial charge in [0, 0.05) is 0 Å². The number of hydrogen-bond acceptors (Lipinski definition) is 3. The lowest BCUT2D eigenvalue weighted by Crippen LogP contribution is -2.26. The van der Waals surface area contributed by atoms with Crippen LogP contribution in [0.3, 0.4) is 0 Å². The van der Waals surface area contributed by atoms with Crippen LogP contribution >= 0.6 is 15.9 Å². The van der Waals surface area contributed by atoms with E-state index in [1.807, 2.05) is 0 Å². The standard InChI is InChI=1S/C7H10BrFO3/c1-2-12-7(11)6(10)5(8)3-4-9/h5H,2-4H2,1H3. The molecule has 5 heteroatoms. The Morgan fingerprint density at radius 3 is 2.58 bits per heavy atom. The van der Waals surface area contributed by atoms with E-state index in [2.05, 4.69) is 20.7 Å². The molecule has 0 aliphatic carbocycles. The molecule has 70 valence electrons. The van der Waals surface area contributed by atoms with Gasteiger partial charge in [0.25, 0.3) is 5.78 Å². The van der Waals surface area contributed by atoms with Crippen LogP contribution in [0.15, 0.2) is 0 Å². The summed E-state index contributed by atoms with van der Waals surface area (Å²) >= 11 is 2.88. The molecule has 0 amide bonds. The maximum Gasteiger partial charge on any atom is 0.375 e. The Balaban J connectivity index is 3.91. The number of Topliss-reactive ketones (excluding diaryl/α,β-unsaturated/α-hetero) is 1. The monoisotopic (exact) mass is 240 g/mol. The molecule has 0 radical (unpaired) electrons. The Kier molecular flexibility index (Phi) is 5.88. The smallest absolute Gasteiger partial charge is 0.375 e. The molecular weight excluding hydrogens is 231 g/mol. The van der Waals surface area contributed by atoms with Crippen LogP contribution in [-0.4, -0.2) is 29.9 Å². The Bertz CT molecular complexity index is 172. The summed E-state index contributed by atoms with van der Waals surface area (Å²) in [5.41, 5.74) is 0. The normalized spacial score (nSPS) is 12.2. The molecule has 12 heavy (non-hydrogen) atoms. The SMILES string of the molecule is CCOC(=O)C(=O)C(Br)CCF. The van der Waals surface area contributed by atoms with Crippen molar-refractivity contribution in [2.45, 2.75) is 18.2 Å². The van der Waals surface area contributed by atoms with Crippen molar-refractivity contribution in [2.75, 3.05) is 13.3 Å². The van der Waals surface area contributed by atoms with Crippen LogP contribution in [0.25, 0.3) is 0 Å². The molecule has 3 nitrogen and oxygen atoms in total. The average Bonchev–Trinajstić information content (AvgIpc) is 2.04. The largest absolute Gasteiger partial charge is 0.460 e. The number of esters is 1. The van der Waals surface area contributed by atoms with Crippen LogP contribution in [0.2, 0.25) is 0 Å². The van der Waals surface area contributed by atoms with Gasteiger partial charge >= 0.3 is 5.97 Å². The lowest BCUT2D eigenvalue weighted by molar-refractivity contribution is -0.153. The first-order valence-corrected chi connectivity index (χ1v) is 4.46. The molecule has 0 aliphatic rings. The van der Waals surface area contributed by atoms with E-state index in [4.69, 9.17) is 0 Å². The third-order valence-electron chi connectivity index (χ3n) is 1.12. The molecule has 0 bridgehead atoms. The van der Waals surface area contributed by atoms with Gasteiger partial charge in [-0.3, -0.25) is 9.18 Å². The van der Waals surface area contributed by atoms with Crippen LogP contribution in [0.5, 0.6) is 0 Å². The molecule has 0 spiro atoms. The summed E-state index contributed by atoms with van der Waals surface area (Å²) in [5.74, 6) is -1.64. The van der Waals surface area contributed by atoms with E-state index in [9.17, 15) is 14.0 Å². The van der Waals surface area contributed by atoms with Gasteiger partial charge in [-0.2, -0.15) is 0 Å². The van der Waals surface area contributed by atoms with Gasteiger partial charge in [-0.15, -0.1) is 0 Å². The fourth-order valence-electron chi connectivity index (χ4n) is 0.557. The first-order valence-electron chi connectivity index (χ1n) is 3.54. The van der Waals surface area contributed by atoms with Crippen LogP contribution in [-0.2, 0) is 14.3 Å². The molecule has 1 unspecified atom stereocenters. The van der Waals surface area contributed by atoms with Crippen molar-refractivity contribution < 1.29 is 18.7 Å². The quantitative estimate of drug-likeness (QED) is 0.413. The second-order valence-corrected chi connectivity index (χ2v) is 3.14. The molecule has 0 aromatic rings. The zero-order valence-corrected chi connectivity index (χ0v) is 8.27. The Hall–Kier alpha value is -0.450. The molecule has 0 aromatic carbocycles. The number of halogens is 2. The summed E-state index contributed by atoms with van der Waals surface area (Å²) in [7, 11) is 0. The fourth-order valence-corrected chi connectivity index (χ4v) is 0.917. The van der Waals surface area contributed by atoms with E-state index < -0.39 is 23.3 Å². The zero-order chi connectivity index (χ0) is 9.56. The number of rotatable bonds is 5. The molecule has 0 heterocycles. The summed E-state index contributed by atoms with van der Waals surface area (Å²) in [4.78, 5) is 20.9. The summed E-state index contributed by atoms with van der Waals surface area (Å²) in [6.45, 7) is 1.12. The predicted molar refractivity (Wildman–Crippen MR) is 44.9 cm³/mol. The van der Waals surface area contributed by atoms with Crippen molar-refractivity contribution in [3.63, 3.8) is 0 Å². The van der Waals surface area contributed by atoms with Gasteiger partial charge in [0.05, 0.1) is 18.1 Å². The maximum atomic E-state index is 11.7. The lowest BCUT2D eigenvalue weighted by Gasteiger charge is -2.04. The van der Waals surface area contributed by atoms with Gasteiger partial charge in [-0.25, -0.2) is 4.79 Å². The van der Waals surface area contributed by atoms with Crippen LogP contribution in [0.4, 0.5) is 4.39 Å². The third-order valence-corrected chi connectivity index (χ3v) is 2.00. The Morgan fingerprint density at radius 1 is 1.58 bits per heavy atom. The van der Waals surface area contributed by atoms with Gasteiger partial charge in [0.2, 0.25) is 0 Å². The van der Waals surface area contributed by atoms with Crippen LogP contribution < -0.4 is 0 Å². The van der Waals surface area contributed by atoms with E-state index in [0.717, 1.165) is 0 Å². The van der Waals surface area contributed by atoms with Crippen molar-refractivity contribution in [3.05, 3.63) is 0 Å². The average molecular weight is 241 g/mol. The van der Waals surface area contributed by atoms with Crippen LogP contribution in [0.1, 0.15) is 13.3 Å². The van der Waals surface area contributed by atoms with Crippen LogP contribution in [0, 0.1) is 0 Å². The summed E-state index contributed by atoms with van der Waals surface area (Å²) in [6.07, 6.45) is -0.00233. The lowest BCUT2D eigenvalue weighted by atomic mass is 10.2. The highest BCUT2D eigenvalue weighted by Crippen LogP contribution is 2.07. The minimum Gasteiger partial charge on any atom is -0.460 e. The highest BCUT2D eigenvalue weighted by Gasteiger charge is 2.23. The minimum absolute atomic E-state index is 0.00233. The molecule has 1 atom stereocenters. The highest BCUT2D eigenvalue weighted by atomic mass is 79.9. The van der Waals surface area contributed by atoms with E-state index in [-0.39, 0.29) is 13.0 Å².